The monoisotopic (exact) mass is 706 g/mol. The molecule has 15 heteroatoms. The number of amides is 4. The predicted octanol–water partition coefficient (Wildman–Crippen LogP) is 2.01. The zero-order valence-electron chi connectivity index (χ0n) is 23.4. The number of fused-ring (bicyclic) bond motifs is 4. The number of carbonyl (C=O) groups is 4. The minimum Gasteiger partial charge on any atom is -0.502 e. The fourth-order valence-electron chi connectivity index (χ4n) is 7.29. The van der Waals surface area contributed by atoms with Gasteiger partial charge in [0.25, 0.3) is 11.8 Å². The summed E-state index contributed by atoms with van der Waals surface area (Å²) in [6, 6.07) is 8.79. The van der Waals surface area contributed by atoms with Crippen molar-refractivity contribution in [3.63, 3.8) is 0 Å². The van der Waals surface area contributed by atoms with E-state index in [1.807, 2.05) is 0 Å². The molecular formula is C29H26BBrCl2N2O9. The van der Waals surface area contributed by atoms with E-state index in [0.717, 1.165) is 9.80 Å². The van der Waals surface area contributed by atoms with Crippen LogP contribution in [0, 0.1) is 17.8 Å². The number of hydrogen-bond donors (Lipinski definition) is 3. The molecule has 230 valence electrons. The van der Waals surface area contributed by atoms with Crippen molar-refractivity contribution in [2.24, 2.45) is 17.8 Å². The molecular weight excluding hydrogens is 682 g/mol. The van der Waals surface area contributed by atoms with Crippen molar-refractivity contribution in [3.05, 3.63) is 53.6 Å². The number of aromatic hydroxyl groups is 1. The lowest BCUT2D eigenvalue weighted by molar-refractivity contribution is -0.138. The molecule has 6 rings (SSSR count). The summed E-state index contributed by atoms with van der Waals surface area (Å²) in [5, 5.41) is 30.0. The average Bonchev–Trinajstić information content (AvgIpc) is 3.34. The van der Waals surface area contributed by atoms with Gasteiger partial charge in [-0.15, -0.1) is 23.2 Å². The van der Waals surface area contributed by atoms with Crippen LogP contribution in [-0.4, -0.2) is 80.2 Å². The standard InChI is InChI=1S/C29H26BBrCl2N2O9/c1-43-19-8-13(9-20(44-2)23(19)36)22-16-6-7-17-21(18(16)11-28(32)26(39)34(12-31)27(40)29(22,28)33)25(38)35(24(17)37)15-5-3-4-14(10-15)30(41)42/h3-6,8-10,17-18,21-22,36,41-42H,7,11-12H2,1-2H3/t17-,18+,21-,22-,28+,29-/m0/s1. The predicted molar refractivity (Wildman–Crippen MR) is 163 cm³/mol. The van der Waals surface area contributed by atoms with Crippen molar-refractivity contribution in [2.45, 2.75) is 28.5 Å². The summed E-state index contributed by atoms with van der Waals surface area (Å²) in [7, 11) is 0.870. The van der Waals surface area contributed by atoms with Crippen molar-refractivity contribution in [1.82, 2.24) is 4.90 Å². The van der Waals surface area contributed by atoms with Crippen molar-refractivity contribution in [2.75, 3.05) is 24.6 Å². The largest absolute Gasteiger partial charge is 0.502 e. The molecule has 1 saturated carbocycles. The summed E-state index contributed by atoms with van der Waals surface area (Å²) < 4.78 is 10.7. The third-order valence-corrected chi connectivity index (χ3v) is 11.2. The molecule has 3 fully saturated rings. The average molecular weight is 708 g/mol. The highest BCUT2D eigenvalue weighted by Gasteiger charge is 2.76. The molecule has 2 heterocycles. The zero-order chi connectivity index (χ0) is 31.9. The molecule has 0 aromatic heterocycles. The molecule has 0 radical (unpaired) electrons. The van der Waals surface area contributed by atoms with E-state index in [0.29, 0.717) is 11.1 Å². The first-order valence-corrected chi connectivity index (χ1v) is 15.5. The molecule has 0 spiro atoms. The van der Waals surface area contributed by atoms with E-state index in [9.17, 15) is 34.3 Å². The molecule has 0 bridgehead atoms. The summed E-state index contributed by atoms with van der Waals surface area (Å²) >= 11 is 17.7. The lowest BCUT2D eigenvalue weighted by Crippen LogP contribution is -2.60. The van der Waals surface area contributed by atoms with Gasteiger partial charge in [0, 0.05) is 5.92 Å². The highest BCUT2D eigenvalue weighted by atomic mass is 79.9. The Morgan fingerprint density at radius 2 is 1.66 bits per heavy atom. The van der Waals surface area contributed by atoms with Gasteiger partial charge in [-0.05, 0) is 54.1 Å². The summed E-state index contributed by atoms with van der Waals surface area (Å²) in [4.78, 5) is 53.6. The Morgan fingerprint density at radius 3 is 2.25 bits per heavy atom. The highest BCUT2D eigenvalue weighted by molar-refractivity contribution is 9.09. The molecule has 2 aromatic carbocycles. The van der Waals surface area contributed by atoms with E-state index in [-0.39, 0.29) is 46.7 Å². The van der Waals surface area contributed by atoms with Crippen molar-refractivity contribution in [3.8, 4) is 17.2 Å². The number of carbonyl (C=O) groups excluding carboxylic acids is 4. The summed E-state index contributed by atoms with van der Waals surface area (Å²) in [6.07, 6.45) is 1.71. The van der Waals surface area contributed by atoms with Gasteiger partial charge in [0.2, 0.25) is 17.6 Å². The SMILES string of the molecule is COc1cc([C@H]2C3=CC[C@@H]4C(=O)N(c5cccc(B(O)O)c5)C(=O)[C@@H]4[C@@H]3C[C@@]3(Cl)C(=O)N(CBr)C(=O)[C@@]23Cl)cc(OC)c1O. The van der Waals surface area contributed by atoms with Crippen LogP contribution in [0.4, 0.5) is 5.69 Å². The number of methoxy groups -OCH3 is 2. The molecule has 4 amide bonds. The van der Waals surface area contributed by atoms with Gasteiger partial charge in [0.05, 0.1) is 37.2 Å². The first-order chi connectivity index (χ1) is 20.8. The number of imide groups is 2. The van der Waals surface area contributed by atoms with Gasteiger partial charge in [-0.25, -0.2) is 0 Å². The lowest BCUT2D eigenvalue weighted by Gasteiger charge is -2.50. The molecule has 2 aliphatic carbocycles. The number of likely N-dealkylation sites (tertiary alicyclic amines) is 1. The first kappa shape index (κ1) is 30.9. The summed E-state index contributed by atoms with van der Waals surface area (Å²) in [5.74, 6) is -6.36. The van der Waals surface area contributed by atoms with Gasteiger partial charge >= 0.3 is 7.12 Å². The topological polar surface area (TPSA) is 154 Å². The van der Waals surface area contributed by atoms with Gasteiger partial charge in [-0.1, -0.05) is 39.7 Å². The van der Waals surface area contributed by atoms with Crippen LogP contribution < -0.4 is 19.8 Å². The van der Waals surface area contributed by atoms with Gasteiger partial charge in [-0.2, -0.15) is 0 Å². The van der Waals surface area contributed by atoms with Crippen LogP contribution in [0.5, 0.6) is 17.2 Å². The fraction of sp³-hybridized carbons (Fsp3) is 0.379. The van der Waals surface area contributed by atoms with E-state index >= 15 is 0 Å². The van der Waals surface area contributed by atoms with Gasteiger partial charge in [0.1, 0.15) is 0 Å². The Labute approximate surface area is 270 Å². The molecule has 11 nitrogen and oxygen atoms in total. The Bertz CT molecular complexity index is 1630. The van der Waals surface area contributed by atoms with Crippen molar-refractivity contribution in [1.29, 1.82) is 0 Å². The van der Waals surface area contributed by atoms with Crippen LogP contribution in [0.1, 0.15) is 24.3 Å². The molecule has 3 N–H and O–H groups in total. The number of nitrogens with zero attached hydrogens (tertiary/aromatic N) is 2. The Hall–Kier alpha value is -3.10. The maximum atomic E-state index is 14.2. The van der Waals surface area contributed by atoms with Crippen LogP contribution in [0.2, 0.25) is 0 Å². The minimum atomic E-state index is -2.04. The number of phenols is 1. The number of rotatable bonds is 6. The van der Waals surface area contributed by atoms with E-state index in [4.69, 9.17) is 32.7 Å². The maximum absolute atomic E-state index is 14.2. The Morgan fingerprint density at radius 1 is 1.00 bits per heavy atom. The van der Waals surface area contributed by atoms with Crippen LogP contribution in [0.15, 0.2) is 48.0 Å². The molecule has 2 aromatic rings. The second-order valence-corrected chi connectivity index (χ2v) is 13.0. The van der Waals surface area contributed by atoms with Crippen LogP contribution in [0.3, 0.4) is 0 Å². The normalized spacial score (nSPS) is 31.0. The fourth-order valence-corrected chi connectivity index (χ4v) is 8.71. The van der Waals surface area contributed by atoms with E-state index in [2.05, 4.69) is 15.9 Å². The zero-order valence-corrected chi connectivity index (χ0v) is 26.5. The third kappa shape index (κ3) is 4.02. The smallest absolute Gasteiger partial charge is 0.488 e. The number of phenolic OH excluding ortho intramolecular Hbond substituents is 1. The van der Waals surface area contributed by atoms with Crippen molar-refractivity contribution < 1.29 is 43.8 Å². The maximum Gasteiger partial charge on any atom is 0.488 e. The Kier molecular flexibility index (Phi) is 7.56. The molecule has 2 aliphatic heterocycles. The number of anilines is 1. The number of hydrogen-bond acceptors (Lipinski definition) is 9. The van der Waals surface area contributed by atoms with Gasteiger partial charge < -0.3 is 24.6 Å². The lowest BCUT2D eigenvalue weighted by atomic mass is 9.56. The number of allylic oxidation sites excluding steroid dienone is 2. The molecule has 2 saturated heterocycles. The van der Waals surface area contributed by atoms with Gasteiger partial charge in [-0.3, -0.25) is 29.0 Å². The molecule has 44 heavy (non-hydrogen) atoms. The quantitative estimate of drug-likeness (QED) is 0.135. The summed E-state index contributed by atoms with van der Waals surface area (Å²) in [5.41, 5.74) is 0.999. The molecule has 0 unspecified atom stereocenters. The molecule has 4 aliphatic rings. The number of benzene rings is 2. The van der Waals surface area contributed by atoms with E-state index in [1.165, 1.54) is 50.6 Å². The molecule has 6 atom stereocenters. The van der Waals surface area contributed by atoms with Crippen LogP contribution in [-0.2, 0) is 19.2 Å². The van der Waals surface area contributed by atoms with Crippen LogP contribution >= 0.6 is 39.1 Å². The first-order valence-electron chi connectivity index (χ1n) is 13.6. The minimum absolute atomic E-state index is 0.0227. The second-order valence-electron chi connectivity index (χ2n) is 11.2. The van der Waals surface area contributed by atoms with Gasteiger partial charge in [0.15, 0.2) is 21.2 Å². The number of alkyl halides is 3. The van der Waals surface area contributed by atoms with E-state index < -0.39 is 64.2 Å². The highest BCUT2D eigenvalue weighted by Crippen LogP contribution is 2.66. The number of halogens is 3. The third-order valence-electron chi connectivity index (χ3n) is 9.28. The van der Waals surface area contributed by atoms with Crippen molar-refractivity contribution >= 4 is 81.0 Å². The number of ether oxygens (including phenoxy) is 2. The Balaban J connectivity index is 1.53. The summed E-state index contributed by atoms with van der Waals surface area (Å²) in [6.45, 7) is 0. The van der Waals surface area contributed by atoms with Crippen LogP contribution in [0.25, 0.3) is 0 Å². The second kappa shape index (κ2) is 10.8. The van der Waals surface area contributed by atoms with E-state index in [1.54, 1.807) is 6.08 Å².